The van der Waals surface area contributed by atoms with E-state index in [2.05, 4.69) is 29.1 Å². The molecule has 0 atom stereocenters. The third kappa shape index (κ3) is 4.62. The molecule has 86 valence electrons. The van der Waals surface area contributed by atoms with Gasteiger partial charge in [-0.05, 0) is 25.9 Å². The van der Waals surface area contributed by atoms with Gasteiger partial charge in [0.25, 0.3) is 0 Å². The second-order valence-electron chi connectivity index (χ2n) is 3.77. The maximum Gasteiger partial charge on any atom is 0.180 e. The highest BCUT2D eigenvalue weighted by molar-refractivity contribution is 7.13. The zero-order chi connectivity index (χ0) is 11.1. The van der Waals surface area contributed by atoms with Crippen molar-refractivity contribution in [3.63, 3.8) is 0 Å². The van der Waals surface area contributed by atoms with Gasteiger partial charge in [0.2, 0.25) is 0 Å². The molecule has 0 aliphatic carbocycles. The van der Waals surface area contributed by atoms with Crippen molar-refractivity contribution in [3.05, 3.63) is 11.1 Å². The topological polar surface area (TPSA) is 42.1 Å². The summed E-state index contributed by atoms with van der Waals surface area (Å²) >= 11 is 1.53. The fourth-order valence-electron chi connectivity index (χ4n) is 1.68. The summed E-state index contributed by atoms with van der Waals surface area (Å²) in [5.41, 5.74) is 6.73. The van der Waals surface area contributed by atoms with Crippen LogP contribution in [0.1, 0.15) is 32.4 Å². The molecule has 0 amide bonds. The molecule has 0 aliphatic rings. The molecule has 0 bridgehead atoms. The van der Waals surface area contributed by atoms with Gasteiger partial charge in [0.15, 0.2) is 5.13 Å². The maximum absolute atomic E-state index is 5.60. The van der Waals surface area contributed by atoms with Gasteiger partial charge in [-0.1, -0.05) is 13.8 Å². The molecule has 4 heteroatoms. The van der Waals surface area contributed by atoms with Gasteiger partial charge in [-0.25, -0.2) is 4.98 Å². The van der Waals surface area contributed by atoms with Gasteiger partial charge in [-0.3, -0.25) is 0 Å². The molecule has 1 rings (SSSR count). The highest BCUT2D eigenvalue weighted by atomic mass is 32.1. The zero-order valence-corrected chi connectivity index (χ0v) is 10.5. The molecule has 0 unspecified atom stereocenters. The van der Waals surface area contributed by atoms with E-state index >= 15 is 0 Å². The van der Waals surface area contributed by atoms with E-state index in [1.807, 2.05) is 0 Å². The molecule has 1 aromatic rings. The second-order valence-corrected chi connectivity index (χ2v) is 4.66. The summed E-state index contributed by atoms with van der Waals surface area (Å²) in [6.45, 7) is 7.93. The first-order valence-electron chi connectivity index (χ1n) is 5.68. The van der Waals surface area contributed by atoms with E-state index in [9.17, 15) is 0 Å². The molecular formula is C11H21N3S. The fourth-order valence-corrected chi connectivity index (χ4v) is 2.28. The lowest BCUT2D eigenvalue weighted by atomic mass is 10.3. The van der Waals surface area contributed by atoms with Crippen molar-refractivity contribution in [2.45, 2.75) is 33.1 Å². The monoisotopic (exact) mass is 227 g/mol. The summed E-state index contributed by atoms with van der Waals surface area (Å²) in [4.78, 5) is 6.77. The standard InChI is InChI=1S/C11H21N3S/c1-3-6-14(7-4-2)8-5-10-9-15-11(12)13-10/h9H,3-8H2,1-2H3,(H2,12,13). The lowest BCUT2D eigenvalue weighted by Gasteiger charge is -2.20. The van der Waals surface area contributed by atoms with Crippen molar-refractivity contribution in [2.24, 2.45) is 0 Å². The lowest BCUT2D eigenvalue weighted by molar-refractivity contribution is 0.277. The van der Waals surface area contributed by atoms with Crippen LogP contribution in [0.4, 0.5) is 5.13 Å². The molecule has 15 heavy (non-hydrogen) atoms. The second kappa shape index (κ2) is 6.80. The van der Waals surface area contributed by atoms with Gasteiger partial charge < -0.3 is 10.6 Å². The third-order valence-electron chi connectivity index (χ3n) is 2.33. The van der Waals surface area contributed by atoms with Gasteiger partial charge in [0, 0.05) is 18.3 Å². The average Bonchev–Trinajstić information content (AvgIpc) is 2.61. The van der Waals surface area contributed by atoms with Crippen molar-refractivity contribution in [2.75, 3.05) is 25.4 Å². The first-order valence-corrected chi connectivity index (χ1v) is 6.56. The quantitative estimate of drug-likeness (QED) is 0.777. The SMILES string of the molecule is CCCN(CCC)CCc1csc(N)n1. The summed E-state index contributed by atoms with van der Waals surface area (Å²) in [5.74, 6) is 0. The van der Waals surface area contributed by atoms with Crippen molar-refractivity contribution < 1.29 is 0 Å². The number of nitrogens with zero attached hydrogens (tertiary/aromatic N) is 2. The number of aromatic nitrogens is 1. The predicted molar refractivity (Wildman–Crippen MR) is 67.3 cm³/mol. The summed E-state index contributed by atoms with van der Waals surface area (Å²) in [5, 5.41) is 2.74. The van der Waals surface area contributed by atoms with Crippen LogP contribution in [0, 0.1) is 0 Å². The van der Waals surface area contributed by atoms with E-state index < -0.39 is 0 Å². The lowest BCUT2D eigenvalue weighted by Crippen LogP contribution is -2.27. The molecule has 0 fully saturated rings. The Bertz CT molecular complexity index is 267. The van der Waals surface area contributed by atoms with Crippen LogP contribution in [0.2, 0.25) is 0 Å². The van der Waals surface area contributed by atoms with Crippen LogP contribution in [0.25, 0.3) is 0 Å². The first kappa shape index (κ1) is 12.5. The average molecular weight is 227 g/mol. The predicted octanol–water partition coefficient (Wildman–Crippen LogP) is 2.39. The van der Waals surface area contributed by atoms with E-state index in [4.69, 9.17) is 5.73 Å². The van der Waals surface area contributed by atoms with Gasteiger partial charge in [0.05, 0.1) is 5.69 Å². The van der Waals surface area contributed by atoms with Crippen molar-refractivity contribution in [1.82, 2.24) is 9.88 Å². The Morgan fingerprint density at radius 3 is 2.40 bits per heavy atom. The highest BCUT2D eigenvalue weighted by Crippen LogP contribution is 2.11. The molecule has 1 aromatic heterocycles. The van der Waals surface area contributed by atoms with Crippen molar-refractivity contribution in [1.29, 1.82) is 0 Å². The molecular weight excluding hydrogens is 206 g/mol. The Balaban J connectivity index is 2.32. The first-order chi connectivity index (χ1) is 7.26. The molecule has 0 radical (unpaired) electrons. The summed E-state index contributed by atoms with van der Waals surface area (Å²) in [6, 6.07) is 0. The van der Waals surface area contributed by atoms with Crippen LogP contribution in [0.15, 0.2) is 5.38 Å². The van der Waals surface area contributed by atoms with Crippen LogP contribution in [-0.2, 0) is 6.42 Å². The summed E-state index contributed by atoms with van der Waals surface area (Å²) in [6.07, 6.45) is 3.46. The van der Waals surface area contributed by atoms with Crippen LogP contribution in [0.5, 0.6) is 0 Å². The number of nitrogen functional groups attached to an aromatic ring is 1. The number of rotatable bonds is 7. The minimum atomic E-state index is 0.683. The molecule has 0 aromatic carbocycles. The summed E-state index contributed by atoms with van der Waals surface area (Å²) in [7, 11) is 0. The molecule has 0 saturated carbocycles. The Kier molecular flexibility index (Phi) is 5.65. The van der Waals surface area contributed by atoms with Crippen LogP contribution < -0.4 is 5.73 Å². The molecule has 0 saturated heterocycles. The Hall–Kier alpha value is -0.610. The van der Waals surface area contributed by atoms with Crippen LogP contribution >= 0.6 is 11.3 Å². The van der Waals surface area contributed by atoms with Crippen molar-refractivity contribution >= 4 is 16.5 Å². The Labute approximate surface area is 96.3 Å². The molecule has 1 heterocycles. The zero-order valence-electron chi connectivity index (χ0n) is 9.70. The minimum Gasteiger partial charge on any atom is -0.375 e. The molecule has 3 nitrogen and oxygen atoms in total. The van der Waals surface area contributed by atoms with Crippen LogP contribution in [0.3, 0.4) is 0 Å². The molecule has 2 N–H and O–H groups in total. The molecule has 0 aliphatic heterocycles. The fraction of sp³-hybridized carbons (Fsp3) is 0.727. The largest absolute Gasteiger partial charge is 0.375 e. The van der Waals surface area contributed by atoms with E-state index in [1.165, 1.54) is 37.3 Å². The van der Waals surface area contributed by atoms with Gasteiger partial charge >= 0.3 is 0 Å². The molecule has 0 spiro atoms. The van der Waals surface area contributed by atoms with E-state index in [0.29, 0.717) is 5.13 Å². The van der Waals surface area contributed by atoms with E-state index in [0.717, 1.165) is 18.7 Å². The number of hydrogen-bond acceptors (Lipinski definition) is 4. The number of hydrogen-bond donors (Lipinski definition) is 1. The Morgan fingerprint density at radius 1 is 1.27 bits per heavy atom. The van der Waals surface area contributed by atoms with Gasteiger partial charge in [-0.2, -0.15) is 0 Å². The van der Waals surface area contributed by atoms with Gasteiger partial charge in [0.1, 0.15) is 0 Å². The van der Waals surface area contributed by atoms with Gasteiger partial charge in [-0.15, -0.1) is 11.3 Å². The van der Waals surface area contributed by atoms with E-state index in [1.54, 1.807) is 0 Å². The highest BCUT2D eigenvalue weighted by Gasteiger charge is 2.04. The van der Waals surface area contributed by atoms with E-state index in [-0.39, 0.29) is 0 Å². The van der Waals surface area contributed by atoms with Crippen LogP contribution in [-0.4, -0.2) is 29.5 Å². The number of thiazole rings is 1. The third-order valence-corrected chi connectivity index (χ3v) is 3.06. The normalized spacial score (nSPS) is 11.1. The Morgan fingerprint density at radius 2 is 1.93 bits per heavy atom. The van der Waals surface area contributed by atoms with Crippen molar-refractivity contribution in [3.8, 4) is 0 Å². The number of anilines is 1. The smallest absolute Gasteiger partial charge is 0.180 e. The number of nitrogens with two attached hydrogens (primary N) is 1. The minimum absolute atomic E-state index is 0.683. The maximum atomic E-state index is 5.60. The summed E-state index contributed by atoms with van der Waals surface area (Å²) < 4.78 is 0.